The smallest absolute Gasteiger partial charge is 0.305 e. The largest absolute Gasteiger partial charge is 0.481 e. The molecule has 6 nitrogen and oxygen atoms in total. The fraction of sp³-hybridized carbons (Fsp3) is 0.267. The fourth-order valence-electron chi connectivity index (χ4n) is 1.93. The minimum Gasteiger partial charge on any atom is -0.481 e. The zero-order valence-electron chi connectivity index (χ0n) is 11.9. The fourth-order valence-corrected chi connectivity index (χ4v) is 1.93. The second-order valence-electron chi connectivity index (χ2n) is 4.73. The Balaban J connectivity index is 2.31. The molecule has 0 spiro atoms. The van der Waals surface area contributed by atoms with E-state index in [-0.39, 0.29) is 18.9 Å². The van der Waals surface area contributed by atoms with Crippen LogP contribution in [-0.2, 0) is 4.79 Å². The van der Waals surface area contributed by atoms with E-state index in [4.69, 9.17) is 9.63 Å². The summed E-state index contributed by atoms with van der Waals surface area (Å²) in [6.07, 6.45) is 1.21. The molecule has 1 N–H and O–H groups in total. The predicted octanol–water partition coefficient (Wildman–Crippen LogP) is 2.41. The lowest BCUT2D eigenvalue weighted by molar-refractivity contribution is -0.136. The van der Waals surface area contributed by atoms with E-state index in [2.05, 4.69) is 5.16 Å². The number of hydrogen-bond acceptors (Lipinski definition) is 4. The van der Waals surface area contributed by atoms with Gasteiger partial charge < -0.3 is 14.5 Å². The third-order valence-corrected chi connectivity index (χ3v) is 3.12. The molecule has 0 unspecified atom stereocenters. The summed E-state index contributed by atoms with van der Waals surface area (Å²) in [5.41, 5.74) is 2.04. The van der Waals surface area contributed by atoms with E-state index >= 15 is 0 Å². The Hall–Kier alpha value is -2.63. The molecule has 0 aliphatic carbocycles. The van der Waals surface area contributed by atoms with Crippen molar-refractivity contribution in [1.29, 1.82) is 0 Å². The van der Waals surface area contributed by atoms with Crippen LogP contribution in [0, 0.1) is 13.8 Å². The van der Waals surface area contributed by atoms with Gasteiger partial charge in [-0.1, -0.05) is 22.9 Å². The summed E-state index contributed by atoms with van der Waals surface area (Å²) in [5.74, 6) is -0.867. The maximum atomic E-state index is 12.6. The lowest BCUT2D eigenvalue weighted by Crippen LogP contribution is -2.33. The molecule has 6 heteroatoms. The maximum Gasteiger partial charge on any atom is 0.305 e. The lowest BCUT2D eigenvalue weighted by Gasteiger charge is -2.21. The van der Waals surface area contributed by atoms with Crippen LogP contribution in [0.15, 0.2) is 35.0 Å². The summed E-state index contributed by atoms with van der Waals surface area (Å²) >= 11 is 0. The molecule has 0 saturated carbocycles. The highest BCUT2D eigenvalue weighted by Crippen LogP contribution is 2.20. The van der Waals surface area contributed by atoms with Crippen LogP contribution >= 0.6 is 0 Å². The number of hydrogen-bond donors (Lipinski definition) is 1. The summed E-state index contributed by atoms with van der Waals surface area (Å²) in [4.78, 5) is 24.8. The number of rotatable bonds is 5. The second-order valence-corrected chi connectivity index (χ2v) is 4.73. The van der Waals surface area contributed by atoms with Gasteiger partial charge in [0.05, 0.1) is 12.6 Å². The van der Waals surface area contributed by atoms with Gasteiger partial charge >= 0.3 is 5.97 Å². The van der Waals surface area contributed by atoms with Gasteiger partial charge in [-0.3, -0.25) is 9.59 Å². The van der Waals surface area contributed by atoms with Gasteiger partial charge in [0.15, 0.2) is 0 Å². The first-order chi connectivity index (χ1) is 9.99. The standard InChI is InChI=1S/C15H16N2O4/c1-10-3-5-12(6-4-10)17(8-7-14(18)19)15(20)13-9-16-21-11(13)2/h3-6,9H,7-8H2,1-2H3,(H,18,19). The maximum absolute atomic E-state index is 12.6. The van der Waals surface area contributed by atoms with Crippen molar-refractivity contribution in [2.45, 2.75) is 20.3 Å². The van der Waals surface area contributed by atoms with Gasteiger partial charge in [0.1, 0.15) is 11.3 Å². The first-order valence-corrected chi connectivity index (χ1v) is 6.50. The van der Waals surface area contributed by atoms with Gasteiger partial charge in [-0.15, -0.1) is 0 Å². The first-order valence-electron chi connectivity index (χ1n) is 6.50. The Morgan fingerprint density at radius 1 is 1.24 bits per heavy atom. The number of amides is 1. The molecule has 1 aromatic heterocycles. The molecule has 0 saturated heterocycles. The van der Waals surface area contributed by atoms with E-state index in [9.17, 15) is 9.59 Å². The quantitative estimate of drug-likeness (QED) is 0.913. The average molecular weight is 288 g/mol. The number of anilines is 1. The SMILES string of the molecule is Cc1ccc(N(CCC(=O)O)C(=O)c2cnoc2C)cc1. The van der Waals surface area contributed by atoms with Crippen LogP contribution in [0.5, 0.6) is 0 Å². The van der Waals surface area contributed by atoms with Gasteiger partial charge in [0.25, 0.3) is 5.91 Å². The third-order valence-electron chi connectivity index (χ3n) is 3.12. The number of aliphatic carboxylic acids is 1. The van der Waals surface area contributed by atoms with Crippen molar-refractivity contribution in [2.75, 3.05) is 11.4 Å². The molecule has 0 fully saturated rings. The van der Waals surface area contributed by atoms with E-state index < -0.39 is 5.97 Å². The Morgan fingerprint density at radius 3 is 2.43 bits per heavy atom. The Labute approximate surface area is 122 Å². The number of carbonyl (C=O) groups is 2. The number of benzene rings is 1. The summed E-state index contributed by atoms with van der Waals surface area (Å²) in [6.45, 7) is 3.67. The predicted molar refractivity (Wildman–Crippen MR) is 76.3 cm³/mol. The van der Waals surface area contributed by atoms with E-state index in [0.717, 1.165) is 5.56 Å². The third kappa shape index (κ3) is 3.47. The molecule has 1 heterocycles. The van der Waals surface area contributed by atoms with Crippen LogP contribution in [0.3, 0.4) is 0 Å². The van der Waals surface area contributed by atoms with Crippen LogP contribution in [0.1, 0.15) is 28.1 Å². The van der Waals surface area contributed by atoms with E-state index in [1.807, 2.05) is 19.1 Å². The number of carboxylic acids is 1. The minimum absolute atomic E-state index is 0.0852. The number of aromatic nitrogens is 1. The Kier molecular flexibility index (Phi) is 4.37. The highest BCUT2D eigenvalue weighted by atomic mass is 16.5. The van der Waals surface area contributed by atoms with Crippen molar-refractivity contribution in [1.82, 2.24) is 5.16 Å². The van der Waals surface area contributed by atoms with Gasteiger partial charge in [0, 0.05) is 12.2 Å². The highest BCUT2D eigenvalue weighted by Gasteiger charge is 2.22. The molecule has 2 aromatic rings. The van der Waals surface area contributed by atoms with Crippen molar-refractivity contribution in [3.8, 4) is 0 Å². The van der Waals surface area contributed by atoms with Crippen LogP contribution in [-0.4, -0.2) is 28.7 Å². The number of carboxylic acid groups (broad SMARTS) is 1. The normalized spacial score (nSPS) is 10.4. The van der Waals surface area contributed by atoms with Crippen LogP contribution < -0.4 is 4.90 Å². The molecule has 1 amide bonds. The molecule has 2 rings (SSSR count). The molecule has 0 aliphatic rings. The number of aryl methyl sites for hydroxylation is 2. The average Bonchev–Trinajstić information content (AvgIpc) is 2.86. The van der Waals surface area contributed by atoms with Crippen molar-refractivity contribution >= 4 is 17.6 Å². The molecule has 0 bridgehead atoms. The van der Waals surface area contributed by atoms with Gasteiger partial charge in [-0.25, -0.2) is 0 Å². The Morgan fingerprint density at radius 2 is 1.90 bits per heavy atom. The van der Waals surface area contributed by atoms with E-state index in [1.165, 1.54) is 11.1 Å². The van der Waals surface area contributed by atoms with E-state index in [0.29, 0.717) is 17.0 Å². The summed E-state index contributed by atoms with van der Waals surface area (Å²) < 4.78 is 4.90. The summed E-state index contributed by atoms with van der Waals surface area (Å²) in [5, 5.41) is 12.4. The van der Waals surface area contributed by atoms with Crippen LogP contribution in [0.2, 0.25) is 0 Å². The van der Waals surface area contributed by atoms with Gasteiger partial charge in [0.2, 0.25) is 0 Å². The van der Waals surface area contributed by atoms with Crippen molar-refractivity contribution in [3.63, 3.8) is 0 Å². The number of carbonyl (C=O) groups excluding carboxylic acids is 1. The van der Waals surface area contributed by atoms with Gasteiger partial charge in [-0.05, 0) is 26.0 Å². The zero-order valence-corrected chi connectivity index (χ0v) is 11.9. The molecule has 0 aliphatic heterocycles. The van der Waals surface area contributed by atoms with Crippen molar-refractivity contribution in [3.05, 3.63) is 47.3 Å². The van der Waals surface area contributed by atoms with E-state index in [1.54, 1.807) is 19.1 Å². The molecular weight excluding hydrogens is 272 g/mol. The molecular formula is C15H16N2O4. The van der Waals surface area contributed by atoms with Crippen molar-refractivity contribution < 1.29 is 19.2 Å². The summed E-state index contributed by atoms with van der Waals surface area (Å²) in [6, 6.07) is 7.32. The lowest BCUT2D eigenvalue weighted by atomic mass is 10.1. The topological polar surface area (TPSA) is 83.6 Å². The molecule has 1 aromatic carbocycles. The monoisotopic (exact) mass is 288 g/mol. The second kappa shape index (κ2) is 6.21. The van der Waals surface area contributed by atoms with Crippen LogP contribution in [0.4, 0.5) is 5.69 Å². The Bertz CT molecular complexity index is 646. The number of nitrogens with zero attached hydrogens (tertiary/aromatic N) is 2. The molecule has 0 radical (unpaired) electrons. The van der Waals surface area contributed by atoms with Crippen LogP contribution in [0.25, 0.3) is 0 Å². The highest BCUT2D eigenvalue weighted by molar-refractivity contribution is 6.06. The van der Waals surface area contributed by atoms with Crippen molar-refractivity contribution in [2.24, 2.45) is 0 Å². The van der Waals surface area contributed by atoms with Gasteiger partial charge in [-0.2, -0.15) is 0 Å². The zero-order chi connectivity index (χ0) is 15.4. The first kappa shape index (κ1) is 14.8. The molecule has 0 atom stereocenters. The molecule has 110 valence electrons. The molecule has 21 heavy (non-hydrogen) atoms. The minimum atomic E-state index is -0.957. The summed E-state index contributed by atoms with van der Waals surface area (Å²) in [7, 11) is 0.